The van der Waals surface area contributed by atoms with Crippen LogP contribution in [0, 0.1) is 11.6 Å². The predicted octanol–water partition coefficient (Wildman–Crippen LogP) is 3.91. The first-order valence-electron chi connectivity index (χ1n) is 8.61. The zero-order valence-electron chi connectivity index (χ0n) is 15.1. The number of Topliss-reactive ketones (excluding diaryl/α,β-unsaturated/α-hetero) is 1. The van der Waals surface area contributed by atoms with Crippen LogP contribution in [0.3, 0.4) is 0 Å². The molecular weight excluding hydrogens is 398 g/mol. The van der Waals surface area contributed by atoms with Crippen molar-refractivity contribution in [2.75, 3.05) is 5.73 Å². The standard InChI is InChI=1S/C19H14F2N6OS/c1-2-14(28)16-7-6-15(29-16)10-8-11(18(22)23-9-10)19-24-25-26-27(19)13-5-3-4-12(20)17(13)21/h3-9H,2H2,1H3,(H2,22,23). The maximum absolute atomic E-state index is 14.2. The van der Waals surface area contributed by atoms with Gasteiger partial charge >= 0.3 is 0 Å². The van der Waals surface area contributed by atoms with Gasteiger partial charge in [0.1, 0.15) is 11.5 Å². The lowest BCUT2D eigenvalue weighted by atomic mass is 10.1. The van der Waals surface area contributed by atoms with Gasteiger partial charge in [0.15, 0.2) is 23.2 Å². The Kier molecular flexibility index (Phi) is 4.85. The fourth-order valence-electron chi connectivity index (χ4n) is 2.78. The van der Waals surface area contributed by atoms with Crippen molar-refractivity contribution in [1.29, 1.82) is 0 Å². The molecule has 0 spiro atoms. The van der Waals surface area contributed by atoms with Crippen molar-refractivity contribution in [1.82, 2.24) is 25.2 Å². The van der Waals surface area contributed by atoms with Gasteiger partial charge in [-0.15, -0.1) is 16.4 Å². The predicted molar refractivity (Wildman–Crippen MR) is 105 cm³/mol. The van der Waals surface area contributed by atoms with Crippen LogP contribution in [0.5, 0.6) is 0 Å². The fourth-order valence-corrected chi connectivity index (χ4v) is 3.78. The Hall–Kier alpha value is -3.53. The zero-order valence-corrected chi connectivity index (χ0v) is 16.0. The van der Waals surface area contributed by atoms with Crippen LogP contribution in [0.1, 0.15) is 23.0 Å². The number of nitrogens with zero attached hydrogens (tertiary/aromatic N) is 5. The van der Waals surface area contributed by atoms with Crippen molar-refractivity contribution in [3.63, 3.8) is 0 Å². The van der Waals surface area contributed by atoms with E-state index in [1.54, 1.807) is 25.3 Å². The minimum Gasteiger partial charge on any atom is -0.383 e. The van der Waals surface area contributed by atoms with Crippen molar-refractivity contribution in [3.05, 3.63) is 59.1 Å². The first kappa shape index (κ1) is 18.8. The van der Waals surface area contributed by atoms with E-state index in [0.29, 0.717) is 22.4 Å². The summed E-state index contributed by atoms with van der Waals surface area (Å²) in [4.78, 5) is 17.5. The summed E-state index contributed by atoms with van der Waals surface area (Å²) in [5, 5.41) is 11.3. The molecule has 29 heavy (non-hydrogen) atoms. The molecule has 7 nitrogen and oxygen atoms in total. The molecular formula is C19H14F2N6OS. The highest BCUT2D eigenvalue weighted by molar-refractivity contribution is 7.17. The molecule has 10 heteroatoms. The van der Waals surface area contributed by atoms with E-state index < -0.39 is 11.6 Å². The van der Waals surface area contributed by atoms with E-state index >= 15 is 0 Å². The van der Waals surface area contributed by atoms with E-state index in [-0.39, 0.29) is 23.1 Å². The van der Waals surface area contributed by atoms with Crippen LogP contribution in [0.15, 0.2) is 42.6 Å². The number of aromatic nitrogens is 5. The largest absolute Gasteiger partial charge is 0.383 e. The Bertz CT molecular complexity index is 1220. The Morgan fingerprint density at radius 2 is 2.07 bits per heavy atom. The van der Waals surface area contributed by atoms with Crippen LogP contribution < -0.4 is 5.73 Å². The Morgan fingerprint density at radius 1 is 1.24 bits per heavy atom. The van der Waals surface area contributed by atoms with Crippen molar-refractivity contribution >= 4 is 22.9 Å². The molecule has 146 valence electrons. The number of ketones is 1. The summed E-state index contributed by atoms with van der Waals surface area (Å²) in [5.74, 6) is -1.80. The molecule has 0 aliphatic rings. The lowest BCUT2D eigenvalue weighted by Crippen LogP contribution is -2.06. The summed E-state index contributed by atoms with van der Waals surface area (Å²) in [5.41, 5.74) is 6.91. The van der Waals surface area contributed by atoms with Gasteiger partial charge in [0.2, 0.25) is 0 Å². The van der Waals surface area contributed by atoms with Gasteiger partial charge in [-0.2, -0.15) is 4.68 Å². The first-order valence-corrected chi connectivity index (χ1v) is 9.43. The number of halogens is 2. The number of nitrogens with two attached hydrogens (primary N) is 1. The van der Waals surface area contributed by atoms with Crippen LogP contribution in [0.2, 0.25) is 0 Å². The molecule has 3 aromatic heterocycles. The molecule has 0 fully saturated rings. The topological polar surface area (TPSA) is 99.6 Å². The van der Waals surface area contributed by atoms with Gasteiger partial charge < -0.3 is 5.73 Å². The monoisotopic (exact) mass is 412 g/mol. The molecule has 2 N–H and O–H groups in total. The SMILES string of the molecule is CCC(=O)c1ccc(-c2cnc(N)c(-c3nnnn3-c3cccc(F)c3F)c2)s1. The molecule has 3 heterocycles. The molecule has 0 saturated carbocycles. The van der Waals surface area contributed by atoms with Crippen LogP contribution >= 0.6 is 11.3 Å². The number of benzene rings is 1. The second kappa shape index (κ2) is 7.47. The van der Waals surface area contributed by atoms with Crippen LogP contribution in [-0.2, 0) is 0 Å². The average molecular weight is 412 g/mol. The van der Waals surface area contributed by atoms with E-state index in [1.165, 1.54) is 23.5 Å². The van der Waals surface area contributed by atoms with E-state index in [2.05, 4.69) is 20.5 Å². The third-order valence-corrected chi connectivity index (χ3v) is 5.45. The smallest absolute Gasteiger partial charge is 0.190 e. The molecule has 0 aliphatic carbocycles. The molecule has 0 saturated heterocycles. The number of anilines is 1. The third-order valence-electron chi connectivity index (χ3n) is 4.27. The quantitative estimate of drug-likeness (QED) is 0.499. The van der Waals surface area contributed by atoms with Gasteiger partial charge in [-0.05, 0) is 40.8 Å². The number of rotatable bonds is 5. The van der Waals surface area contributed by atoms with E-state index in [1.807, 2.05) is 6.07 Å². The number of tetrazole rings is 1. The summed E-state index contributed by atoms with van der Waals surface area (Å²) in [7, 11) is 0. The van der Waals surface area contributed by atoms with Gasteiger partial charge in [0, 0.05) is 23.1 Å². The highest BCUT2D eigenvalue weighted by atomic mass is 32.1. The number of thiophene rings is 1. The lowest BCUT2D eigenvalue weighted by Gasteiger charge is -2.09. The third kappa shape index (κ3) is 3.38. The molecule has 0 amide bonds. The highest BCUT2D eigenvalue weighted by Crippen LogP contribution is 2.33. The van der Waals surface area contributed by atoms with Crippen LogP contribution in [0.25, 0.3) is 27.5 Å². The lowest BCUT2D eigenvalue weighted by molar-refractivity contribution is 0.0992. The highest BCUT2D eigenvalue weighted by Gasteiger charge is 2.20. The summed E-state index contributed by atoms with van der Waals surface area (Å²) in [6.07, 6.45) is 1.99. The van der Waals surface area contributed by atoms with Gasteiger partial charge in [-0.3, -0.25) is 4.79 Å². The van der Waals surface area contributed by atoms with E-state index in [0.717, 1.165) is 15.6 Å². The minimum atomic E-state index is -1.08. The molecule has 0 bridgehead atoms. The van der Waals surface area contributed by atoms with Crippen molar-refractivity contribution in [3.8, 4) is 27.5 Å². The maximum atomic E-state index is 14.2. The summed E-state index contributed by atoms with van der Waals surface area (Å²) in [6.45, 7) is 1.80. The molecule has 0 unspecified atom stereocenters. The van der Waals surface area contributed by atoms with Crippen molar-refractivity contribution in [2.24, 2.45) is 0 Å². The number of carbonyl (C=O) groups is 1. The van der Waals surface area contributed by atoms with Gasteiger partial charge in [-0.1, -0.05) is 13.0 Å². The fraction of sp³-hybridized carbons (Fsp3) is 0.105. The maximum Gasteiger partial charge on any atom is 0.190 e. The Morgan fingerprint density at radius 3 is 2.86 bits per heavy atom. The Labute approximate surface area is 167 Å². The number of hydrogen-bond acceptors (Lipinski definition) is 7. The molecule has 0 atom stereocenters. The summed E-state index contributed by atoms with van der Waals surface area (Å²) >= 11 is 1.34. The molecule has 0 aliphatic heterocycles. The van der Waals surface area contributed by atoms with Gasteiger partial charge in [0.05, 0.1) is 10.4 Å². The molecule has 4 aromatic rings. The second-order valence-corrected chi connectivity index (χ2v) is 7.17. The summed E-state index contributed by atoms with van der Waals surface area (Å²) < 4.78 is 29.0. The zero-order chi connectivity index (χ0) is 20.5. The van der Waals surface area contributed by atoms with Crippen LogP contribution in [0.4, 0.5) is 14.6 Å². The summed E-state index contributed by atoms with van der Waals surface area (Å²) in [6, 6.07) is 9.00. The number of nitrogen functional groups attached to an aromatic ring is 1. The minimum absolute atomic E-state index is 0.0513. The molecule has 0 radical (unpaired) electrons. The van der Waals surface area contributed by atoms with Crippen LogP contribution in [-0.4, -0.2) is 31.0 Å². The van der Waals surface area contributed by atoms with Gasteiger partial charge in [0.25, 0.3) is 0 Å². The Balaban J connectivity index is 1.81. The number of pyridine rings is 1. The van der Waals surface area contributed by atoms with Crippen molar-refractivity contribution in [2.45, 2.75) is 13.3 Å². The number of carbonyl (C=O) groups excluding carboxylic acids is 1. The van der Waals surface area contributed by atoms with Crippen molar-refractivity contribution < 1.29 is 13.6 Å². The number of hydrogen-bond donors (Lipinski definition) is 1. The normalized spacial score (nSPS) is 11.0. The van der Waals surface area contributed by atoms with E-state index in [4.69, 9.17) is 5.73 Å². The molecule has 1 aromatic carbocycles. The average Bonchev–Trinajstić information content (AvgIpc) is 3.40. The first-order chi connectivity index (χ1) is 14.0. The van der Waals surface area contributed by atoms with E-state index in [9.17, 15) is 13.6 Å². The van der Waals surface area contributed by atoms with Gasteiger partial charge in [-0.25, -0.2) is 13.8 Å². The second-order valence-electron chi connectivity index (χ2n) is 6.08. The molecule has 4 rings (SSSR count).